The van der Waals surface area contributed by atoms with Crippen molar-refractivity contribution in [3.63, 3.8) is 0 Å². The fraction of sp³-hybridized carbons (Fsp3) is 0.429. The van der Waals surface area contributed by atoms with Crippen LogP contribution in [0.3, 0.4) is 0 Å². The highest BCUT2D eigenvalue weighted by molar-refractivity contribution is 7.89. The third-order valence-electron chi connectivity index (χ3n) is 2.90. The molecule has 0 N–H and O–H groups in total. The van der Waals surface area contributed by atoms with Crippen molar-refractivity contribution in [1.29, 1.82) is 0 Å². The lowest BCUT2D eigenvalue weighted by Crippen LogP contribution is -2.35. The molecule has 0 saturated carbocycles. The van der Waals surface area contributed by atoms with Crippen LogP contribution in [-0.4, -0.2) is 39.5 Å². The van der Waals surface area contributed by atoms with Gasteiger partial charge in [-0.3, -0.25) is 0 Å². The van der Waals surface area contributed by atoms with Gasteiger partial charge in [0, 0.05) is 20.2 Å². The minimum absolute atomic E-state index is 0.150. The predicted molar refractivity (Wildman–Crippen MR) is 76.7 cm³/mol. The van der Waals surface area contributed by atoms with E-state index in [1.165, 1.54) is 29.6 Å². The molecule has 1 aromatic carbocycles. The Hall–Kier alpha value is -1.24. The lowest BCUT2D eigenvalue weighted by atomic mass is 10.1. The van der Waals surface area contributed by atoms with Crippen LogP contribution in [0, 0.1) is 19.7 Å². The molecule has 0 aliphatic carbocycles. The van der Waals surface area contributed by atoms with Crippen molar-refractivity contribution < 1.29 is 17.5 Å². The van der Waals surface area contributed by atoms with Crippen molar-refractivity contribution in [3.05, 3.63) is 41.7 Å². The number of sulfonamides is 1. The van der Waals surface area contributed by atoms with Gasteiger partial charge in [-0.15, -0.1) is 6.58 Å². The molecule has 0 bridgehead atoms. The van der Waals surface area contributed by atoms with Gasteiger partial charge in [-0.2, -0.15) is 4.31 Å². The van der Waals surface area contributed by atoms with Gasteiger partial charge in [0.2, 0.25) is 10.0 Å². The highest BCUT2D eigenvalue weighted by atomic mass is 32.2. The van der Waals surface area contributed by atoms with Gasteiger partial charge in [0.25, 0.3) is 0 Å². The van der Waals surface area contributed by atoms with Crippen LogP contribution in [0.4, 0.5) is 4.39 Å². The molecule has 6 heteroatoms. The molecule has 4 nitrogen and oxygen atoms in total. The van der Waals surface area contributed by atoms with Crippen LogP contribution < -0.4 is 0 Å². The van der Waals surface area contributed by atoms with E-state index in [0.717, 1.165) is 0 Å². The molecule has 1 aromatic rings. The van der Waals surface area contributed by atoms with Crippen molar-refractivity contribution in [1.82, 2.24) is 4.31 Å². The molecule has 0 aliphatic heterocycles. The monoisotopic (exact) mass is 301 g/mol. The number of benzene rings is 1. The molecule has 20 heavy (non-hydrogen) atoms. The van der Waals surface area contributed by atoms with E-state index < -0.39 is 15.8 Å². The van der Waals surface area contributed by atoms with Gasteiger partial charge >= 0.3 is 0 Å². The maximum Gasteiger partial charge on any atom is 0.243 e. The molecule has 0 radical (unpaired) electrons. The first-order valence-corrected chi connectivity index (χ1v) is 7.65. The summed E-state index contributed by atoms with van der Waals surface area (Å²) in [7, 11) is -2.19. The molecule has 0 unspecified atom stereocenters. The summed E-state index contributed by atoms with van der Waals surface area (Å²) in [5.41, 5.74) is 0.794. The minimum Gasteiger partial charge on any atom is -0.383 e. The van der Waals surface area contributed by atoms with Gasteiger partial charge in [-0.25, -0.2) is 12.8 Å². The van der Waals surface area contributed by atoms with E-state index in [4.69, 9.17) is 4.74 Å². The number of hydrogen-bond acceptors (Lipinski definition) is 3. The summed E-state index contributed by atoms with van der Waals surface area (Å²) in [5.74, 6) is -0.439. The Morgan fingerprint density at radius 2 is 1.90 bits per heavy atom. The summed E-state index contributed by atoms with van der Waals surface area (Å²) in [6, 6.07) is 2.45. The second-order valence-corrected chi connectivity index (χ2v) is 6.39. The van der Waals surface area contributed by atoms with Gasteiger partial charge in [0.1, 0.15) is 5.82 Å². The van der Waals surface area contributed by atoms with Gasteiger partial charge in [0.05, 0.1) is 11.5 Å². The smallest absolute Gasteiger partial charge is 0.243 e. The summed E-state index contributed by atoms with van der Waals surface area (Å²) in [4.78, 5) is 0.150. The van der Waals surface area contributed by atoms with E-state index in [-0.39, 0.29) is 24.6 Å². The molecule has 0 fully saturated rings. The number of rotatable bonds is 7. The van der Waals surface area contributed by atoms with Crippen molar-refractivity contribution >= 4 is 10.0 Å². The normalized spacial score (nSPS) is 11.8. The Morgan fingerprint density at radius 3 is 2.35 bits per heavy atom. The van der Waals surface area contributed by atoms with E-state index in [1.54, 1.807) is 13.8 Å². The summed E-state index contributed by atoms with van der Waals surface area (Å²) in [6.07, 6.45) is 1.52. The van der Waals surface area contributed by atoms with Crippen LogP contribution in [0.25, 0.3) is 0 Å². The van der Waals surface area contributed by atoms with Crippen molar-refractivity contribution in [2.24, 2.45) is 0 Å². The van der Waals surface area contributed by atoms with Gasteiger partial charge < -0.3 is 4.74 Å². The van der Waals surface area contributed by atoms with Crippen LogP contribution in [0.5, 0.6) is 0 Å². The summed E-state index contributed by atoms with van der Waals surface area (Å²) in [5, 5.41) is 0. The average Bonchev–Trinajstić information content (AvgIpc) is 2.32. The third-order valence-corrected chi connectivity index (χ3v) is 5.07. The molecule has 0 aromatic heterocycles. The first-order chi connectivity index (χ1) is 9.34. The Morgan fingerprint density at radius 1 is 1.35 bits per heavy atom. The SMILES string of the molecule is C=CCN(CCOC)S(=O)(=O)c1c(C)cc(F)cc1C. The van der Waals surface area contributed by atoms with Gasteiger partial charge in [0.15, 0.2) is 0 Å². The topological polar surface area (TPSA) is 46.6 Å². The number of aryl methyl sites for hydroxylation is 2. The van der Waals surface area contributed by atoms with Crippen LogP contribution in [0.1, 0.15) is 11.1 Å². The lowest BCUT2D eigenvalue weighted by Gasteiger charge is -2.22. The van der Waals surface area contributed by atoms with Gasteiger partial charge in [-0.05, 0) is 37.1 Å². The first kappa shape index (κ1) is 16.8. The fourth-order valence-electron chi connectivity index (χ4n) is 2.08. The minimum atomic E-state index is -3.70. The summed E-state index contributed by atoms with van der Waals surface area (Å²) in [6.45, 7) is 7.44. The fourth-order valence-corrected chi connectivity index (χ4v) is 3.89. The molecule has 0 spiro atoms. The highest BCUT2D eigenvalue weighted by Crippen LogP contribution is 2.24. The quantitative estimate of drug-likeness (QED) is 0.726. The summed E-state index contributed by atoms with van der Waals surface area (Å²) < 4.78 is 44.9. The van der Waals surface area contributed by atoms with E-state index in [2.05, 4.69) is 6.58 Å². The first-order valence-electron chi connectivity index (χ1n) is 6.21. The van der Waals surface area contributed by atoms with Crippen LogP contribution in [0.2, 0.25) is 0 Å². The van der Waals surface area contributed by atoms with Gasteiger partial charge in [-0.1, -0.05) is 6.08 Å². The number of halogens is 1. The van der Waals surface area contributed by atoms with Crippen molar-refractivity contribution in [2.45, 2.75) is 18.7 Å². The molecule has 112 valence electrons. The van der Waals surface area contributed by atoms with Crippen LogP contribution in [0.15, 0.2) is 29.7 Å². The zero-order chi connectivity index (χ0) is 15.3. The lowest BCUT2D eigenvalue weighted by molar-refractivity contribution is 0.182. The average molecular weight is 301 g/mol. The Bertz CT molecular complexity index is 561. The molecular weight excluding hydrogens is 281 g/mol. The number of hydrogen-bond donors (Lipinski definition) is 0. The van der Waals surface area contributed by atoms with Crippen LogP contribution >= 0.6 is 0 Å². The zero-order valence-corrected chi connectivity index (χ0v) is 12.8. The number of nitrogens with zero attached hydrogens (tertiary/aromatic N) is 1. The maximum absolute atomic E-state index is 13.3. The predicted octanol–water partition coefficient (Wildman–Crippen LogP) is 2.27. The van der Waals surface area contributed by atoms with Crippen LogP contribution in [-0.2, 0) is 14.8 Å². The standard InChI is InChI=1S/C14H20FNO3S/c1-5-6-16(7-8-19-4)20(17,18)14-11(2)9-13(15)10-12(14)3/h5,9-10H,1,6-8H2,2-4H3. The molecule has 0 saturated heterocycles. The third kappa shape index (κ3) is 3.65. The Labute approximate surface area is 119 Å². The largest absolute Gasteiger partial charge is 0.383 e. The van der Waals surface area contributed by atoms with E-state index in [0.29, 0.717) is 11.1 Å². The molecule has 0 heterocycles. The highest BCUT2D eigenvalue weighted by Gasteiger charge is 2.27. The Balaban J connectivity index is 3.29. The molecular formula is C14H20FNO3S. The molecule has 0 amide bonds. The van der Waals surface area contributed by atoms with E-state index in [9.17, 15) is 12.8 Å². The van der Waals surface area contributed by atoms with E-state index in [1.807, 2.05) is 0 Å². The zero-order valence-electron chi connectivity index (χ0n) is 12.0. The number of ether oxygens (including phenoxy) is 1. The molecule has 1 rings (SSSR count). The number of methoxy groups -OCH3 is 1. The summed E-state index contributed by atoms with van der Waals surface area (Å²) >= 11 is 0. The van der Waals surface area contributed by atoms with Crippen molar-refractivity contribution in [3.8, 4) is 0 Å². The van der Waals surface area contributed by atoms with E-state index >= 15 is 0 Å². The van der Waals surface area contributed by atoms with Crippen molar-refractivity contribution in [2.75, 3.05) is 26.8 Å². The Kier molecular flexibility index (Phi) is 5.86. The second kappa shape index (κ2) is 6.97. The second-order valence-electron chi connectivity index (χ2n) is 4.51. The molecule has 0 aliphatic rings. The maximum atomic E-state index is 13.3. The molecule has 0 atom stereocenters.